The van der Waals surface area contributed by atoms with E-state index < -0.39 is 0 Å². The summed E-state index contributed by atoms with van der Waals surface area (Å²) in [5.41, 5.74) is 4.56. The number of pyridine rings is 1. The Bertz CT molecular complexity index is 1050. The molecule has 3 heterocycles. The summed E-state index contributed by atoms with van der Waals surface area (Å²) < 4.78 is 7.52. The van der Waals surface area contributed by atoms with E-state index in [-0.39, 0.29) is 5.91 Å². The van der Waals surface area contributed by atoms with Gasteiger partial charge in [-0.3, -0.25) is 14.5 Å². The highest BCUT2D eigenvalue weighted by Gasteiger charge is 2.28. The van der Waals surface area contributed by atoms with Gasteiger partial charge in [-0.2, -0.15) is 5.10 Å². The zero-order valence-corrected chi connectivity index (χ0v) is 16.2. The molecule has 2 aromatic heterocycles. The molecule has 0 unspecified atom stereocenters. The van der Waals surface area contributed by atoms with Gasteiger partial charge in [0.25, 0.3) is 0 Å². The third-order valence-electron chi connectivity index (χ3n) is 4.85. The first kappa shape index (κ1) is 18.3. The molecule has 1 aliphatic heterocycles. The van der Waals surface area contributed by atoms with E-state index in [4.69, 9.17) is 21.4 Å². The van der Waals surface area contributed by atoms with Gasteiger partial charge < -0.3 is 9.64 Å². The van der Waals surface area contributed by atoms with E-state index >= 15 is 0 Å². The number of halogens is 1. The number of methoxy groups -OCH3 is 1. The molecule has 6 nitrogen and oxygen atoms in total. The molecule has 1 aliphatic rings. The molecule has 0 aliphatic carbocycles. The molecule has 0 bridgehead atoms. The van der Waals surface area contributed by atoms with Crippen LogP contribution in [0.5, 0.6) is 5.75 Å². The van der Waals surface area contributed by atoms with Crippen LogP contribution in [0, 0.1) is 0 Å². The van der Waals surface area contributed by atoms with Gasteiger partial charge in [0.1, 0.15) is 11.4 Å². The standard InChI is InChI=1S/C21H19ClN4O2/c1-3-19(27)25-10-11-26-17(13-25)20(14-6-8-23-9-7-14)21(24-26)16-5-4-15(22)12-18(16)28-2/h3-9,12H,1,10-11,13H2,2H3. The Labute approximate surface area is 168 Å². The number of benzene rings is 1. The number of fused-ring (bicyclic) bond motifs is 1. The predicted octanol–water partition coefficient (Wildman–Crippen LogP) is 3.80. The Balaban J connectivity index is 1.93. The predicted molar refractivity (Wildman–Crippen MR) is 108 cm³/mol. The van der Waals surface area contributed by atoms with Crippen LogP contribution in [0.15, 0.2) is 55.4 Å². The molecule has 0 spiro atoms. The minimum absolute atomic E-state index is 0.0845. The summed E-state index contributed by atoms with van der Waals surface area (Å²) in [4.78, 5) is 18.1. The lowest BCUT2D eigenvalue weighted by Crippen LogP contribution is -2.37. The number of hydrogen-bond donors (Lipinski definition) is 0. The Morgan fingerprint density at radius 3 is 2.75 bits per heavy atom. The highest BCUT2D eigenvalue weighted by Crippen LogP contribution is 2.40. The van der Waals surface area contributed by atoms with Crippen molar-refractivity contribution in [3.8, 4) is 28.1 Å². The highest BCUT2D eigenvalue weighted by atomic mass is 35.5. The molecule has 1 amide bonds. The summed E-state index contributed by atoms with van der Waals surface area (Å²) in [7, 11) is 1.61. The van der Waals surface area contributed by atoms with E-state index in [0.717, 1.165) is 28.1 Å². The summed E-state index contributed by atoms with van der Waals surface area (Å²) in [6.45, 7) is 5.27. The lowest BCUT2D eigenvalue weighted by atomic mass is 9.98. The van der Waals surface area contributed by atoms with Gasteiger partial charge in [0.15, 0.2) is 0 Å². The summed E-state index contributed by atoms with van der Waals surface area (Å²) in [6, 6.07) is 9.39. The Morgan fingerprint density at radius 2 is 2.04 bits per heavy atom. The van der Waals surface area contributed by atoms with E-state index in [1.54, 1.807) is 30.5 Å². The van der Waals surface area contributed by atoms with Gasteiger partial charge in [0, 0.05) is 35.1 Å². The van der Waals surface area contributed by atoms with Crippen LogP contribution < -0.4 is 4.74 Å². The van der Waals surface area contributed by atoms with Crippen LogP contribution in [0.25, 0.3) is 22.4 Å². The van der Waals surface area contributed by atoms with E-state index in [1.165, 1.54) is 6.08 Å². The van der Waals surface area contributed by atoms with Gasteiger partial charge in [-0.15, -0.1) is 0 Å². The second-order valence-corrected chi connectivity index (χ2v) is 6.87. The van der Waals surface area contributed by atoms with Gasteiger partial charge in [-0.25, -0.2) is 0 Å². The number of amides is 1. The summed E-state index contributed by atoms with van der Waals surface area (Å²) >= 11 is 6.14. The molecule has 0 saturated carbocycles. The van der Waals surface area contributed by atoms with E-state index in [2.05, 4.69) is 11.6 Å². The summed E-state index contributed by atoms with van der Waals surface area (Å²) in [6.07, 6.45) is 4.84. The Morgan fingerprint density at radius 1 is 1.25 bits per heavy atom. The third kappa shape index (κ3) is 3.16. The normalized spacial score (nSPS) is 13.1. The first-order valence-electron chi connectivity index (χ1n) is 8.87. The number of nitrogens with zero attached hydrogens (tertiary/aromatic N) is 4. The van der Waals surface area contributed by atoms with Crippen LogP contribution >= 0.6 is 11.6 Å². The van der Waals surface area contributed by atoms with E-state index in [0.29, 0.717) is 30.4 Å². The van der Waals surface area contributed by atoms with Crippen LogP contribution in [0.3, 0.4) is 0 Å². The van der Waals surface area contributed by atoms with Crippen molar-refractivity contribution in [2.24, 2.45) is 0 Å². The second-order valence-electron chi connectivity index (χ2n) is 6.44. The monoisotopic (exact) mass is 394 g/mol. The van der Waals surface area contributed by atoms with Crippen molar-refractivity contribution in [3.63, 3.8) is 0 Å². The fourth-order valence-corrected chi connectivity index (χ4v) is 3.67. The average Bonchev–Trinajstić information content (AvgIpc) is 3.12. The van der Waals surface area contributed by atoms with Crippen molar-refractivity contribution in [2.75, 3.05) is 13.7 Å². The maximum Gasteiger partial charge on any atom is 0.246 e. The number of aromatic nitrogens is 3. The maximum absolute atomic E-state index is 12.2. The Kier molecular flexibility index (Phi) is 4.88. The zero-order chi connectivity index (χ0) is 19.7. The summed E-state index contributed by atoms with van der Waals surface area (Å²) in [5.74, 6) is 0.566. The number of rotatable bonds is 4. The second kappa shape index (κ2) is 7.48. The smallest absolute Gasteiger partial charge is 0.246 e. The van der Waals surface area contributed by atoms with Crippen molar-refractivity contribution >= 4 is 17.5 Å². The van der Waals surface area contributed by atoms with Crippen LogP contribution in [0.4, 0.5) is 0 Å². The molecule has 0 saturated heterocycles. The fourth-order valence-electron chi connectivity index (χ4n) is 3.51. The molecule has 7 heteroatoms. The molecule has 3 aromatic rings. The zero-order valence-electron chi connectivity index (χ0n) is 15.4. The molecular formula is C21H19ClN4O2. The summed E-state index contributed by atoms with van der Waals surface area (Å²) in [5, 5.41) is 5.46. The molecule has 142 valence electrons. The third-order valence-corrected chi connectivity index (χ3v) is 5.09. The molecule has 0 N–H and O–H groups in total. The molecule has 28 heavy (non-hydrogen) atoms. The molecule has 0 fully saturated rings. The van der Waals surface area contributed by atoms with Crippen LogP contribution in [-0.2, 0) is 17.9 Å². The first-order valence-corrected chi connectivity index (χ1v) is 9.25. The van der Waals surface area contributed by atoms with E-state index in [9.17, 15) is 4.79 Å². The Hall–Kier alpha value is -3.12. The van der Waals surface area contributed by atoms with Crippen molar-refractivity contribution in [3.05, 3.63) is 66.1 Å². The van der Waals surface area contributed by atoms with E-state index in [1.807, 2.05) is 28.9 Å². The number of carbonyl (C=O) groups is 1. The molecule has 4 rings (SSSR count). The molecule has 0 radical (unpaired) electrons. The lowest BCUT2D eigenvalue weighted by Gasteiger charge is -2.27. The van der Waals surface area contributed by atoms with Gasteiger partial charge in [-0.05, 0) is 42.0 Å². The van der Waals surface area contributed by atoms with Crippen LogP contribution in [0.2, 0.25) is 5.02 Å². The van der Waals surface area contributed by atoms with Gasteiger partial charge in [0.05, 0.1) is 25.9 Å². The quantitative estimate of drug-likeness (QED) is 0.631. The number of carbonyl (C=O) groups excluding carboxylic acids is 1. The lowest BCUT2D eigenvalue weighted by molar-refractivity contribution is -0.127. The van der Waals surface area contributed by atoms with Crippen LogP contribution in [0.1, 0.15) is 5.69 Å². The molecule has 1 aromatic carbocycles. The minimum atomic E-state index is -0.0845. The van der Waals surface area contributed by atoms with Crippen molar-refractivity contribution in [2.45, 2.75) is 13.1 Å². The van der Waals surface area contributed by atoms with Gasteiger partial charge >= 0.3 is 0 Å². The largest absolute Gasteiger partial charge is 0.496 e. The number of ether oxygens (including phenoxy) is 1. The van der Waals surface area contributed by atoms with Crippen molar-refractivity contribution < 1.29 is 9.53 Å². The number of hydrogen-bond acceptors (Lipinski definition) is 4. The minimum Gasteiger partial charge on any atom is -0.496 e. The average molecular weight is 395 g/mol. The van der Waals surface area contributed by atoms with Crippen molar-refractivity contribution in [1.29, 1.82) is 0 Å². The topological polar surface area (TPSA) is 60.2 Å². The van der Waals surface area contributed by atoms with Gasteiger partial charge in [0.2, 0.25) is 5.91 Å². The van der Waals surface area contributed by atoms with Crippen molar-refractivity contribution in [1.82, 2.24) is 19.7 Å². The van der Waals surface area contributed by atoms with Gasteiger partial charge in [-0.1, -0.05) is 18.2 Å². The first-order chi connectivity index (χ1) is 13.6. The van der Waals surface area contributed by atoms with Crippen LogP contribution in [-0.4, -0.2) is 39.2 Å². The highest BCUT2D eigenvalue weighted by molar-refractivity contribution is 6.30. The fraction of sp³-hybridized carbons (Fsp3) is 0.190. The maximum atomic E-state index is 12.2. The molecular weight excluding hydrogens is 376 g/mol. The SMILES string of the molecule is C=CC(=O)N1CCn2nc(-c3ccc(Cl)cc3OC)c(-c3ccncc3)c2C1. The molecule has 0 atom stereocenters.